The van der Waals surface area contributed by atoms with Crippen LogP contribution >= 0.6 is 0 Å². The zero-order valence-electron chi connectivity index (χ0n) is 11.1. The largest absolute Gasteiger partial charge is 0.507 e. The molecule has 0 saturated carbocycles. The summed E-state index contributed by atoms with van der Waals surface area (Å²) in [6, 6.07) is 5.80. The molecule has 0 saturated heterocycles. The maximum absolute atomic E-state index is 12.1. The van der Waals surface area contributed by atoms with E-state index in [0.717, 1.165) is 12.8 Å². The van der Waals surface area contributed by atoms with Gasteiger partial charge in [0.2, 0.25) is 10.0 Å². The Hall–Kier alpha value is -1.07. The van der Waals surface area contributed by atoms with E-state index in [0.29, 0.717) is 5.92 Å². The molecule has 2 unspecified atom stereocenters. The van der Waals surface area contributed by atoms with Gasteiger partial charge in [-0.1, -0.05) is 32.4 Å². The lowest BCUT2D eigenvalue weighted by atomic mass is 10.0. The summed E-state index contributed by atoms with van der Waals surface area (Å²) in [6.07, 6.45) is 1.80. The van der Waals surface area contributed by atoms with E-state index in [1.54, 1.807) is 12.1 Å². The Morgan fingerprint density at radius 1 is 1.28 bits per heavy atom. The van der Waals surface area contributed by atoms with Crippen molar-refractivity contribution in [3.63, 3.8) is 0 Å². The van der Waals surface area contributed by atoms with E-state index in [4.69, 9.17) is 0 Å². The van der Waals surface area contributed by atoms with Gasteiger partial charge in [0.15, 0.2) is 0 Å². The molecule has 1 aromatic carbocycles. The number of phenolic OH excluding ortho intramolecular Hbond substituents is 1. The van der Waals surface area contributed by atoms with E-state index in [2.05, 4.69) is 18.6 Å². The molecule has 0 bridgehead atoms. The Bertz CT molecular complexity index is 485. The van der Waals surface area contributed by atoms with Crippen molar-refractivity contribution in [1.29, 1.82) is 0 Å². The van der Waals surface area contributed by atoms with E-state index < -0.39 is 10.0 Å². The summed E-state index contributed by atoms with van der Waals surface area (Å²) in [5.41, 5.74) is 0. The van der Waals surface area contributed by atoms with Crippen LogP contribution < -0.4 is 4.72 Å². The van der Waals surface area contributed by atoms with E-state index >= 15 is 0 Å². The number of aromatic hydroxyl groups is 1. The van der Waals surface area contributed by atoms with Crippen LogP contribution in [-0.2, 0) is 10.0 Å². The highest BCUT2D eigenvalue weighted by Crippen LogP contribution is 2.22. The van der Waals surface area contributed by atoms with Gasteiger partial charge in [-0.3, -0.25) is 0 Å². The molecule has 5 heteroatoms. The molecule has 102 valence electrons. The van der Waals surface area contributed by atoms with Crippen molar-refractivity contribution >= 4 is 10.0 Å². The number of hydrogen-bond acceptors (Lipinski definition) is 3. The molecule has 0 heterocycles. The van der Waals surface area contributed by atoms with Crippen molar-refractivity contribution in [2.75, 3.05) is 0 Å². The van der Waals surface area contributed by atoms with Gasteiger partial charge in [0, 0.05) is 6.04 Å². The number of sulfonamides is 1. The van der Waals surface area contributed by atoms with E-state index in [-0.39, 0.29) is 16.7 Å². The van der Waals surface area contributed by atoms with Crippen molar-refractivity contribution in [2.45, 2.75) is 44.6 Å². The summed E-state index contributed by atoms with van der Waals surface area (Å²) >= 11 is 0. The van der Waals surface area contributed by atoms with Gasteiger partial charge in [-0.05, 0) is 31.4 Å². The van der Waals surface area contributed by atoms with Crippen LogP contribution in [0.5, 0.6) is 5.75 Å². The number of para-hydroxylation sites is 1. The van der Waals surface area contributed by atoms with Gasteiger partial charge < -0.3 is 5.11 Å². The molecular formula is C13H21NO3S. The second-order valence-corrected chi connectivity index (χ2v) is 6.42. The van der Waals surface area contributed by atoms with Crippen LogP contribution in [0, 0.1) is 5.92 Å². The summed E-state index contributed by atoms with van der Waals surface area (Å²) in [7, 11) is -3.64. The highest BCUT2D eigenvalue weighted by molar-refractivity contribution is 7.89. The fourth-order valence-corrected chi connectivity index (χ4v) is 3.19. The number of phenols is 1. The second kappa shape index (κ2) is 6.20. The summed E-state index contributed by atoms with van der Waals surface area (Å²) in [5, 5.41) is 9.57. The van der Waals surface area contributed by atoms with Crippen LogP contribution in [0.2, 0.25) is 0 Å². The normalized spacial score (nSPS) is 15.3. The minimum Gasteiger partial charge on any atom is -0.507 e. The summed E-state index contributed by atoms with van der Waals surface area (Å²) in [5.74, 6) is 0.243. The zero-order chi connectivity index (χ0) is 13.8. The molecule has 1 aromatic rings. The van der Waals surface area contributed by atoms with Crippen molar-refractivity contribution in [3.8, 4) is 5.75 Å². The van der Waals surface area contributed by atoms with E-state index in [1.807, 2.05) is 6.92 Å². The van der Waals surface area contributed by atoms with Gasteiger partial charge >= 0.3 is 0 Å². The molecule has 0 spiro atoms. The lowest BCUT2D eigenvalue weighted by Gasteiger charge is -2.17. The maximum atomic E-state index is 12.1. The van der Waals surface area contributed by atoms with Crippen LogP contribution in [0.3, 0.4) is 0 Å². The monoisotopic (exact) mass is 271 g/mol. The lowest BCUT2D eigenvalue weighted by Crippen LogP contribution is -2.33. The van der Waals surface area contributed by atoms with Gasteiger partial charge in [0.1, 0.15) is 10.6 Å². The van der Waals surface area contributed by atoms with E-state index in [1.165, 1.54) is 12.1 Å². The topological polar surface area (TPSA) is 66.4 Å². The molecule has 0 aliphatic heterocycles. The SMILES string of the molecule is CCC(C)CC(C)NS(=O)(=O)c1ccccc1O. The highest BCUT2D eigenvalue weighted by Gasteiger charge is 2.21. The van der Waals surface area contributed by atoms with Crippen LogP contribution in [0.4, 0.5) is 0 Å². The van der Waals surface area contributed by atoms with Gasteiger partial charge in [-0.15, -0.1) is 0 Å². The van der Waals surface area contributed by atoms with Crippen LogP contribution in [0.1, 0.15) is 33.6 Å². The predicted molar refractivity (Wildman–Crippen MR) is 72.0 cm³/mol. The highest BCUT2D eigenvalue weighted by atomic mass is 32.2. The standard InChI is InChI=1S/C13H21NO3S/c1-4-10(2)9-11(3)14-18(16,17)13-8-6-5-7-12(13)15/h5-8,10-11,14-15H,4,9H2,1-3H3. The summed E-state index contributed by atoms with van der Waals surface area (Å²) in [4.78, 5) is -0.0685. The van der Waals surface area contributed by atoms with Crippen molar-refractivity contribution in [1.82, 2.24) is 4.72 Å². The van der Waals surface area contributed by atoms with Crippen LogP contribution in [0.25, 0.3) is 0 Å². The first-order valence-corrected chi connectivity index (χ1v) is 7.65. The third kappa shape index (κ3) is 3.99. The van der Waals surface area contributed by atoms with Gasteiger partial charge in [0.25, 0.3) is 0 Å². The number of rotatable bonds is 6. The number of benzene rings is 1. The Morgan fingerprint density at radius 3 is 2.44 bits per heavy atom. The molecule has 4 nitrogen and oxygen atoms in total. The van der Waals surface area contributed by atoms with Crippen LogP contribution in [-0.4, -0.2) is 19.6 Å². The minimum atomic E-state index is -3.64. The first kappa shape index (κ1) is 15.0. The Labute approximate surface area is 109 Å². The van der Waals surface area contributed by atoms with E-state index in [9.17, 15) is 13.5 Å². The van der Waals surface area contributed by atoms with Crippen LogP contribution in [0.15, 0.2) is 29.2 Å². The molecule has 0 aliphatic rings. The van der Waals surface area contributed by atoms with Gasteiger partial charge in [-0.2, -0.15) is 0 Å². The fraction of sp³-hybridized carbons (Fsp3) is 0.538. The molecule has 0 amide bonds. The maximum Gasteiger partial charge on any atom is 0.244 e. The van der Waals surface area contributed by atoms with Crippen molar-refractivity contribution < 1.29 is 13.5 Å². The molecular weight excluding hydrogens is 250 g/mol. The summed E-state index contributed by atoms with van der Waals surface area (Å²) < 4.78 is 26.7. The third-order valence-electron chi connectivity index (χ3n) is 2.96. The first-order valence-electron chi connectivity index (χ1n) is 6.17. The molecule has 0 radical (unpaired) electrons. The predicted octanol–water partition coefficient (Wildman–Crippen LogP) is 2.50. The number of hydrogen-bond donors (Lipinski definition) is 2. The smallest absolute Gasteiger partial charge is 0.244 e. The molecule has 0 aliphatic carbocycles. The van der Waals surface area contributed by atoms with Crippen molar-refractivity contribution in [2.24, 2.45) is 5.92 Å². The van der Waals surface area contributed by atoms with Gasteiger partial charge in [0.05, 0.1) is 0 Å². The second-order valence-electron chi connectivity index (χ2n) is 4.74. The quantitative estimate of drug-likeness (QED) is 0.835. The molecule has 18 heavy (non-hydrogen) atoms. The zero-order valence-corrected chi connectivity index (χ0v) is 11.9. The first-order chi connectivity index (χ1) is 8.36. The van der Waals surface area contributed by atoms with Gasteiger partial charge in [-0.25, -0.2) is 13.1 Å². The molecule has 2 atom stereocenters. The lowest BCUT2D eigenvalue weighted by molar-refractivity contribution is 0.440. The molecule has 0 fully saturated rings. The fourth-order valence-electron chi connectivity index (χ4n) is 1.83. The Kier molecular flexibility index (Phi) is 5.16. The van der Waals surface area contributed by atoms with Crippen molar-refractivity contribution in [3.05, 3.63) is 24.3 Å². The average molecular weight is 271 g/mol. The number of nitrogens with one attached hydrogen (secondary N) is 1. The molecule has 1 rings (SSSR count). The summed E-state index contributed by atoms with van der Waals surface area (Å²) in [6.45, 7) is 6.00. The Balaban J connectivity index is 2.80. The average Bonchev–Trinajstić information content (AvgIpc) is 2.28. The Morgan fingerprint density at radius 2 is 1.89 bits per heavy atom. The molecule has 0 aromatic heterocycles. The third-order valence-corrected chi connectivity index (χ3v) is 4.60. The molecule has 2 N–H and O–H groups in total. The minimum absolute atomic E-state index is 0.0685.